The van der Waals surface area contributed by atoms with Crippen molar-refractivity contribution in [2.75, 3.05) is 12.4 Å². The quantitative estimate of drug-likeness (QED) is 0.651. The molecule has 0 aliphatic heterocycles. The molecule has 0 saturated heterocycles. The maximum Gasteiger partial charge on any atom is 0.312 e. The minimum Gasteiger partial charge on any atom is -0.495 e. The van der Waals surface area contributed by atoms with E-state index in [4.69, 9.17) is 4.74 Å². The molecular formula is C15H18N4O4. The maximum absolute atomic E-state index is 12.0. The van der Waals surface area contributed by atoms with E-state index in [0.29, 0.717) is 22.8 Å². The lowest BCUT2D eigenvalue weighted by Crippen LogP contribution is -2.16. The van der Waals surface area contributed by atoms with Crippen LogP contribution in [0.15, 0.2) is 24.3 Å². The van der Waals surface area contributed by atoms with Crippen LogP contribution in [0.5, 0.6) is 5.75 Å². The molecule has 0 atom stereocenters. The van der Waals surface area contributed by atoms with Gasteiger partial charge in [-0.05, 0) is 26.0 Å². The van der Waals surface area contributed by atoms with Crippen molar-refractivity contribution < 1.29 is 14.5 Å². The standard InChI is InChI=1S/C15H18N4O4/c1-10-15(19(21)22)11(2)18(17-10)9-8-14(20)16-12-6-4-5-7-13(12)23-3/h4-7H,8-9H2,1-3H3,(H,16,20). The molecule has 1 aromatic carbocycles. The van der Waals surface area contributed by atoms with Gasteiger partial charge in [-0.1, -0.05) is 12.1 Å². The molecule has 122 valence electrons. The number of para-hydroxylation sites is 2. The summed E-state index contributed by atoms with van der Waals surface area (Å²) >= 11 is 0. The Morgan fingerprint density at radius 1 is 1.39 bits per heavy atom. The van der Waals surface area contributed by atoms with E-state index in [2.05, 4.69) is 10.4 Å². The van der Waals surface area contributed by atoms with Crippen molar-refractivity contribution in [3.63, 3.8) is 0 Å². The number of amides is 1. The SMILES string of the molecule is COc1ccccc1NC(=O)CCn1nc(C)c([N+](=O)[O-])c1C. The number of hydrogen-bond acceptors (Lipinski definition) is 5. The molecule has 8 nitrogen and oxygen atoms in total. The molecule has 2 rings (SSSR count). The molecule has 0 aliphatic carbocycles. The number of nitrogens with one attached hydrogen (secondary N) is 1. The zero-order chi connectivity index (χ0) is 17.0. The summed E-state index contributed by atoms with van der Waals surface area (Å²) in [7, 11) is 1.53. The second-order valence-electron chi connectivity index (χ2n) is 5.00. The molecule has 1 N–H and O–H groups in total. The van der Waals surface area contributed by atoms with Crippen molar-refractivity contribution in [2.24, 2.45) is 0 Å². The molecule has 0 aliphatic rings. The first-order valence-electron chi connectivity index (χ1n) is 7.05. The van der Waals surface area contributed by atoms with Crippen LogP contribution < -0.4 is 10.1 Å². The van der Waals surface area contributed by atoms with Crippen LogP contribution in [-0.4, -0.2) is 27.7 Å². The van der Waals surface area contributed by atoms with Gasteiger partial charge in [0.1, 0.15) is 17.1 Å². The summed E-state index contributed by atoms with van der Waals surface area (Å²) in [6.07, 6.45) is 0.150. The van der Waals surface area contributed by atoms with Gasteiger partial charge < -0.3 is 10.1 Å². The van der Waals surface area contributed by atoms with Crippen molar-refractivity contribution in [3.05, 3.63) is 45.8 Å². The lowest BCUT2D eigenvalue weighted by Gasteiger charge is -2.10. The van der Waals surface area contributed by atoms with Crippen LogP contribution in [0, 0.1) is 24.0 Å². The molecule has 0 bridgehead atoms. The third-order valence-corrected chi connectivity index (χ3v) is 3.46. The summed E-state index contributed by atoms with van der Waals surface area (Å²) in [5.41, 5.74) is 1.37. The molecule has 0 fully saturated rings. The van der Waals surface area contributed by atoms with Gasteiger partial charge in [-0.2, -0.15) is 5.10 Å². The Morgan fingerprint density at radius 3 is 2.70 bits per heavy atom. The Kier molecular flexibility index (Phi) is 4.95. The van der Waals surface area contributed by atoms with Crippen molar-refractivity contribution >= 4 is 17.3 Å². The number of carbonyl (C=O) groups is 1. The van der Waals surface area contributed by atoms with Crippen LogP contribution in [0.3, 0.4) is 0 Å². The van der Waals surface area contributed by atoms with E-state index in [0.717, 1.165) is 0 Å². The molecule has 2 aromatic rings. The summed E-state index contributed by atoms with van der Waals surface area (Å²) < 4.78 is 6.65. The molecule has 0 radical (unpaired) electrons. The van der Waals surface area contributed by atoms with Crippen molar-refractivity contribution in [1.82, 2.24) is 9.78 Å². The number of aryl methyl sites for hydroxylation is 2. The number of carbonyl (C=O) groups excluding carboxylic acids is 1. The fourth-order valence-corrected chi connectivity index (χ4v) is 2.34. The number of rotatable bonds is 6. The number of nitrogens with zero attached hydrogens (tertiary/aromatic N) is 3. The average molecular weight is 318 g/mol. The number of methoxy groups -OCH3 is 1. The second-order valence-corrected chi connectivity index (χ2v) is 5.00. The van der Waals surface area contributed by atoms with E-state index in [1.54, 1.807) is 32.0 Å². The fraction of sp³-hybridized carbons (Fsp3) is 0.333. The molecule has 0 saturated carbocycles. The van der Waals surface area contributed by atoms with Crippen LogP contribution in [-0.2, 0) is 11.3 Å². The van der Waals surface area contributed by atoms with Gasteiger partial charge in [-0.15, -0.1) is 0 Å². The van der Waals surface area contributed by atoms with E-state index < -0.39 is 4.92 Å². The summed E-state index contributed by atoms with van der Waals surface area (Å²) in [4.78, 5) is 22.6. The summed E-state index contributed by atoms with van der Waals surface area (Å²) in [6, 6.07) is 7.09. The first-order valence-corrected chi connectivity index (χ1v) is 7.05. The number of hydrogen-bond donors (Lipinski definition) is 1. The van der Waals surface area contributed by atoms with Gasteiger partial charge in [0.05, 0.1) is 24.3 Å². The number of benzene rings is 1. The van der Waals surface area contributed by atoms with E-state index in [1.165, 1.54) is 11.8 Å². The largest absolute Gasteiger partial charge is 0.495 e. The zero-order valence-electron chi connectivity index (χ0n) is 13.2. The van der Waals surface area contributed by atoms with Crippen LogP contribution in [0.1, 0.15) is 17.8 Å². The molecule has 23 heavy (non-hydrogen) atoms. The van der Waals surface area contributed by atoms with Crippen LogP contribution in [0.25, 0.3) is 0 Å². The Bertz CT molecular complexity index is 739. The summed E-state index contributed by atoms with van der Waals surface area (Å²) in [5.74, 6) is 0.354. The van der Waals surface area contributed by atoms with Crippen LogP contribution in [0.4, 0.5) is 11.4 Å². The normalized spacial score (nSPS) is 10.4. The first-order chi connectivity index (χ1) is 10.9. The van der Waals surface area contributed by atoms with E-state index in [-0.39, 0.29) is 24.6 Å². The molecule has 1 amide bonds. The van der Waals surface area contributed by atoms with E-state index in [1.807, 2.05) is 6.07 Å². The smallest absolute Gasteiger partial charge is 0.312 e. The fourth-order valence-electron chi connectivity index (χ4n) is 2.34. The molecule has 0 unspecified atom stereocenters. The topological polar surface area (TPSA) is 99.3 Å². The van der Waals surface area contributed by atoms with E-state index in [9.17, 15) is 14.9 Å². The van der Waals surface area contributed by atoms with Crippen LogP contribution in [0.2, 0.25) is 0 Å². The molecule has 1 heterocycles. The van der Waals surface area contributed by atoms with Crippen LogP contribution >= 0.6 is 0 Å². The molecular weight excluding hydrogens is 300 g/mol. The third kappa shape index (κ3) is 3.65. The predicted octanol–water partition coefficient (Wildman–Crippen LogP) is 2.45. The van der Waals surface area contributed by atoms with Gasteiger partial charge in [0.25, 0.3) is 0 Å². The minimum atomic E-state index is -0.455. The van der Waals surface area contributed by atoms with Gasteiger partial charge >= 0.3 is 5.69 Å². The number of aromatic nitrogens is 2. The zero-order valence-corrected chi connectivity index (χ0v) is 13.2. The van der Waals surface area contributed by atoms with Gasteiger partial charge in [0, 0.05) is 6.42 Å². The highest BCUT2D eigenvalue weighted by molar-refractivity contribution is 5.92. The lowest BCUT2D eigenvalue weighted by molar-refractivity contribution is -0.386. The second kappa shape index (κ2) is 6.91. The molecule has 1 aromatic heterocycles. The Labute approximate surface area is 133 Å². The Hall–Kier alpha value is -2.90. The van der Waals surface area contributed by atoms with Gasteiger partial charge in [-0.3, -0.25) is 19.6 Å². The maximum atomic E-state index is 12.0. The lowest BCUT2D eigenvalue weighted by atomic mass is 10.2. The highest BCUT2D eigenvalue weighted by atomic mass is 16.6. The summed E-state index contributed by atoms with van der Waals surface area (Å²) in [5, 5.41) is 17.8. The number of anilines is 1. The summed E-state index contributed by atoms with van der Waals surface area (Å²) in [6.45, 7) is 3.47. The minimum absolute atomic E-state index is 0.00450. The monoisotopic (exact) mass is 318 g/mol. The average Bonchev–Trinajstić information content (AvgIpc) is 2.80. The highest BCUT2D eigenvalue weighted by Crippen LogP contribution is 2.24. The van der Waals surface area contributed by atoms with Crippen molar-refractivity contribution in [2.45, 2.75) is 26.8 Å². The third-order valence-electron chi connectivity index (χ3n) is 3.46. The van der Waals surface area contributed by atoms with Gasteiger partial charge in [0.2, 0.25) is 5.91 Å². The highest BCUT2D eigenvalue weighted by Gasteiger charge is 2.21. The van der Waals surface area contributed by atoms with Gasteiger partial charge in [-0.25, -0.2) is 0 Å². The van der Waals surface area contributed by atoms with Crippen molar-refractivity contribution in [3.8, 4) is 5.75 Å². The van der Waals surface area contributed by atoms with Gasteiger partial charge in [0.15, 0.2) is 0 Å². The molecule has 8 heteroatoms. The first kappa shape index (κ1) is 16.5. The number of nitro groups is 1. The molecule has 0 spiro atoms. The Morgan fingerprint density at radius 2 is 2.09 bits per heavy atom. The number of ether oxygens (including phenoxy) is 1. The predicted molar refractivity (Wildman–Crippen MR) is 84.6 cm³/mol. The van der Waals surface area contributed by atoms with E-state index >= 15 is 0 Å². The van der Waals surface area contributed by atoms with Crippen molar-refractivity contribution in [1.29, 1.82) is 0 Å². The Balaban J connectivity index is 2.03.